The number of alkyl halides is 1. The van der Waals surface area contributed by atoms with Crippen LogP contribution in [0.1, 0.15) is 28.4 Å². The first-order chi connectivity index (χ1) is 10.6. The third-order valence-corrected chi connectivity index (χ3v) is 4.00. The van der Waals surface area contributed by atoms with E-state index in [0.717, 1.165) is 12.0 Å². The molecule has 0 aromatic heterocycles. The Labute approximate surface area is 138 Å². The van der Waals surface area contributed by atoms with Gasteiger partial charge in [-0.1, -0.05) is 70.5 Å². The van der Waals surface area contributed by atoms with E-state index in [-0.39, 0.29) is 12.4 Å². The summed E-state index contributed by atoms with van der Waals surface area (Å²) in [5.41, 5.74) is 2.82. The molecule has 0 spiro atoms. The van der Waals surface area contributed by atoms with Crippen molar-refractivity contribution < 1.29 is 14.3 Å². The van der Waals surface area contributed by atoms with Crippen molar-refractivity contribution in [3.05, 3.63) is 71.3 Å². The molecule has 22 heavy (non-hydrogen) atoms. The lowest BCUT2D eigenvalue weighted by Crippen LogP contribution is -2.26. The van der Waals surface area contributed by atoms with Crippen LogP contribution in [0, 0.1) is 0 Å². The molecule has 0 N–H and O–H groups in total. The van der Waals surface area contributed by atoms with Crippen LogP contribution in [0.15, 0.2) is 54.6 Å². The average Bonchev–Trinajstić information content (AvgIpc) is 2.55. The highest BCUT2D eigenvalue weighted by Crippen LogP contribution is 2.15. The summed E-state index contributed by atoms with van der Waals surface area (Å²) in [5.74, 6) is -0.842. The van der Waals surface area contributed by atoms with Gasteiger partial charge in [0.1, 0.15) is 0 Å². The van der Waals surface area contributed by atoms with E-state index in [1.54, 1.807) is 19.1 Å². The maximum atomic E-state index is 12.2. The Morgan fingerprint density at radius 2 is 1.59 bits per heavy atom. The molecular formula is C18H17BrO3. The van der Waals surface area contributed by atoms with Crippen molar-refractivity contribution in [3.63, 3.8) is 0 Å². The molecule has 1 unspecified atom stereocenters. The number of hydrogen-bond acceptors (Lipinski definition) is 3. The summed E-state index contributed by atoms with van der Waals surface area (Å²) in [6.07, 6.45) is 0.810. The highest BCUT2D eigenvalue weighted by Gasteiger charge is 2.25. The molecule has 2 aromatic carbocycles. The predicted molar refractivity (Wildman–Crippen MR) is 89.4 cm³/mol. The maximum absolute atomic E-state index is 12.2. The molecule has 0 radical (unpaired) electrons. The first-order valence-electron chi connectivity index (χ1n) is 7.09. The highest BCUT2D eigenvalue weighted by atomic mass is 79.9. The van der Waals surface area contributed by atoms with E-state index in [9.17, 15) is 9.59 Å². The molecule has 1 atom stereocenters. The van der Waals surface area contributed by atoms with Gasteiger partial charge in [0.25, 0.3) is 0 Å². The number of carbonyl (C=O) groups excluding carboxylic acids is 2. The summed E-state index contributed by atoms with van der Waals surface area (Å²) in [6, 6.07) is 17.4. The van der Waals surface area contributed by atoms with Gasteiger partial charge in [-0.3, -0.25) is 9.59 Å². The standard InChI is InChI=1S/C18H17BrO3/c1-2-22-18(21)16(19)17(20)15-10-8-14(9-11-15)12-13-6-4-3-5-7-13/h3-11,16H,2,12H2,1H3. The summed E-state index contributed by atoms with van der Waals surface area (Å²) in [6.45, 7) is 1.96. The second kappa shape index (κ2) is 7.90. The van der Waals surface area contributed by atoms with Gasteiger partial charge in [0.15, 0.2) is 10.6 Å². The lowest BCUT2D eigenvalue weighted by Gasteiger charge is -2.09. The fraction of sp³-hybridized carbons (Fsp3) is 0.222. The molecule has 0 fully saturated rings. The molecule has 0 aliphatic carbocycles. The Morgan fingerprint density at radius 1 is 1.00 bits per heavy atom. The zero-order chi connectivity index (χ0) is 15.9. The van der Waals surface area contributed by atoms with Crippen LogP contribution in [-0.4, -0.2) is 23.2 Å². The normalized spacial score (nSPS) is 11.7. The summed E-state index contributed by atoms with van der Waals surface area (Å²) in [7, 11) is 0. The van der Waals surface area contributed by atoms with Crippen LogP contribution in [0.4, 0.5) is 0 Å². The van der Waals surface area contributed by atoms with Crippen molar-refractivity contribution in [2.75, 3.05) is 6.61 Å². The third kappa shape index (κ3) is 4.28. The number of rotatable bonds is 6. The molecule has 0 aliphatic rings. The minimum absolute atomic E-state index is 0.254. The summed E-state index contributed by atoms with van der Waals surface area (Å²) < 4.78 is 4.84. The van der Waals surface area contributed by atoms with Gasteiger partial charge < -0.3 is 4.74 Å². The minimum atomic E-state index is -0.951. The van der Waals surface area contributed by atoms with Crippen LogP contribution in [-0.2, 0) is 16.0 Å². The van der Waals surface area contributed by atoms with Crippen LogP contribution in [0.3, 0.4) is 0 Å². The number of halogens is 1. The van der Waals surface area contributed by atoms with Crippen LogP contribution >= 0.6 is 15.9 Å². The Kier molecular flexibility index (Phi) is 5.90. The fourth-order valence-electron chi connectivity index (χ4n) is 2.09. The molecule has 3 nitrogen and oxygen atoms in total. The van der Waals surface area contributed by atoms with Gasteiger partial charge in [-0.2, -0.15) is 0 Å². The molecule has 0 bridgehead atoms. The number of hydrogen-bond donors (Lipinski definition) is 0. The van der Waals surface area contributed by atoms with E-state index in [0.29, 0.717) is 5.56 Å². The number of benzene rings is 2. The Bertz CT molecular complexity index is 635. The van der Waals surface area contributed by atoms with Gasteiger partial charge in [0.2, 0.25) is 0 Å². The van der Waals surface area contributed by atoms with Crippen LogP contribution in [0.5, 0.6) is 0 Å². The van der Waals surface area contributed by atoms with Crippen LogP contribution < -0.4 is 0 Å². The monoisotopic (exact) mass is 360 g/mol. The molecule has 114 valence electrons. The van der Waals surface area contributed by atoms with Gasteiger partial charge >= 0.3 is 5.97 Å². The van der Waals surface area contributed by atoms with Gasteiger partial charge in [-0.25, -0.2) is 0 Å². The lowest BCUT2D eigenvalue weighted by molar-refractivity contribution is -0.141. The van der Waals surface area contributed by atoms with Crippen LogP contribution in [0.2, 0.25) is 0 Å². The molecule has 2 rings (SSSR count). The smallest absolute Gasteiger partial charge is 0.327 e. The molecule has 2 aromatic rings. The van der Waals surface area contributed by atoms with E-state index < -0.39 is 10.8 Å². The molecule has 4 heteroatoms. The second-order valence-corrected chi connectivity index (χ2v) is 5.75. The molecule has 0 heterocycles. The van der Waals surface area contributed by atoms with Gasteiger partial charge in [-0.05, 0) is 24.5 Å². The summed E-state index contributed by atoms with van der Waals surface area (Å²) in [4.78, 5) is 22.8. The van der Waals surface area contributed by atoms with E-state index in [4.69, 9.17) is 4.74 Å². The van der Waals surface area contributed by atoms with Crippen molar-refractivity contribution in [2.45, 2.75) is 18.2 Å². The Hall–Kier alpha value is -1.94. The molecular weight excluding hydrogens is 344 g/mol. The number of esters is 1. The van der Waals surface area contributed by atoms with Crippen LogP contribution in [0.25, 0.3) is 0 Å². The quantitative estimate of drug-likeness (QED) is 0.340. The Morgan fingerprint density at radius 3 is 2.18 bits per heavy atom. The van der Waals surface area contributed by atoms with E-state index in [2.05, 4.69) is 28.1 Å². The topological polar surface area (TPSA) is 43.4 Å². The third-order valence-electron chi connectivity index (χ3n) is 3.21. The van der Waals surface area contributed by atoms with Crippen molar-refractivity contribution in [3.8, 4) is 0 Å². The number of carbonyl (C=O) groups is 2. The molecule has 0 saturated heterocycles. The molecule has 0 aliphatic heterocycles. The largest absolute Gasteiger partial charge is 0.465 e. The van der Waals surface area contributed by atoms with Gasteiger partial charge in [-0.15, -0.1) is 0 Å². The zero-order valence-corrected chi connectivity index (χ0v) is 13.9. The molecule has 0 saturated carbocycles. The van der Waals surface area contributed by atoms with Gasteiger partial charge in [0, 0.05) is 5.56 Å². The number of Topliss-reactive ketones (excluding diaryl/α,β-unsaturated/α-hetero) is 1. The highest BCUT2D eigenvalue weighted by molar-refractivity contribution is 9.10. The first kappa shape index (κ1) is 16.4. The molecule has 0 amide bonds. The van der Waals surface area contributed by atoms with E-state index >= 15 is 0 Å². The van der Waals surface area contributed by atoms with Crippen molar-refractivity contribution in [1.82, 2.24) is 0 Å². The van der Waals surface area contributed by atoms with Crippen molar-refractivity contribution in [1.29, 1.82) is 0 Å². The summed E-state index contributed by atoms with van der Waals surface area (Å²) >= 11 is 3.09. The first-order valence-corrected chi connectivity index (χ1v) is 8.01. The number of ether oxygens (including phenoxy) is 1. The van der Waals surface area contributed by atoms with E-state index in [1.165, 1.54) is 5.56 Å². The Balaban J connectivity index is 2.05. The van der Waals surface area contributed by atoms with Gasteiger partial charge in [0.05, 0.1) is 6.61 Å². The number of ketones is 1. The van der Waals surface area contributed by atoms with Crippen molar-refractivity contribution in [2.24, 2.45) is 0 Å². The predicted octanol–water partition coefficient (Wildman–Crippen LogP) is 3.79. The second-order valence-electron chi connectivity index (χ2n) is 4.84. The lowest BCUT2D eigenvalue weighted by atomic mass is 10.0. The summed E-state index contributed by atoms with van der Waals surface area (Å²) in [5, 5.41) is 0. The SMILES string of the molecule is CCOC(=O)C(Br)C(=O)c1ccc(Cc2ccccc2)cc1. The maximum Gasteiger partial charge on any atom is 0.327 e. The zero-order valence-electron chi connectivity index (χ0n) is 12.3. The van der Waals surface area contributed by atoms with Crippen molar-refractivity contribution >= 4 is 27.7 Å². The fourth-order valence-corrected chi connectivity index (χ4v) is 2.48. The average molecular weight is 361 g/mol. The minimum Gasteiger partial charge on any atom is -0.465 e. The van der Waals surface area contributed by atoms with E-state index in [1.807, 2.05) is 30.3 Å².